The minimum atomic E-state index is -1.12. The van der Waals surface area contributed by atoms with E-state index in [4.69, 9.17) is 28.3 Å². The van der Waals surface area contributed by atoms with Crippen LogP contribution < -0.4 is 10.6 Å². The lowest BCUT2D eigenvalue weighted by atomic mass is 9.97. The summed E-state index contributed by atoms with van der Waals surface area (Å²) in [5.41, 5.74) is 2.00. The van der Waals surface area contributed by atoms with E-state index in [1.165, 1.54) is 6.92 Å². The van der Waals surface area contributed by atoms with Gasteiger partial charge in [-0.3, -0.25) is 9.59 Å². The predicted octanol–water partition coefficient (Wildman–Crippen LogP) is 1.84. The highest BCUT2D eigenvalue weighted by Gasteiger charge is 2.24. The van der Waals surface area contributed by atoms with E-state index < -0.39 is 17.9 Å². The molecule has 1 aromatic rings. The van der Waals surface area contributed by atoms with Crippen molar-refractivity contribution < 1.29 is 14.7 Å². The molecule has 1 atom stereocenters. The molecule has 0 aliphatic carbocycles. The largest absolute Gasteiger partial charge is 0.480 e. The van der Waals surface area contributed by atoms with E-state index in [0.29, 0.717) is 18.0 Å². The maximum atomic E-state index is 12.1. The molecule has 1 aliphatic heterocycles. The Kier molecular flexibility index (Phi) is 4.52. The van der Waals surface area contributed by atoms with Gasteiger partial charge in [-0.25, -0.2) is 0 Å². The second-order valence-corrected chi connectivity index (χ2v) is 5.43. The number of carboxylic acids is 1. The topological polar surface area (TPSA) is 78.4 Å². The number of hydrogen-bond acceptors (Lipinski definition) is 3. The van der Waals surface area contributed by atoms with Crippen molar-refractivity contribution in [3.8, 4) is 0 Å². The smallest absolute Gasteiger partial charge is 0.325 e. The normalized spacial score (nSPS) is 15.3. The lowest BCUT2D eigenvalue weighted by Crippen LogP contribution is -2.38. The number of fused-ring (bicyclic) bond motifs is 1. The molecule has 7 heteroatoms. The average molecular weight is 317 g/mol. The molecule has 0 unspecified atom stereocenters. The summed E-state index contributed by atoms with van der Waals surface area (Å²) < 4.78 is 0. The summed E-state index contributed by atoms with van der Waals surface area (Å²) in [6, 6.07) is 0.697. The summed E-state index contributed by atoms with van der Waals surface area (Å²) in [4.78, 5) is 22.9. The summed E-state index contributed by atoms with van der Waals surface area (Å²) in [6.45, 7) is 2.81. The zero-order valence-corrected chi connectivity index (χ0v) is 12.3. The summed E-state index contributed by atoms with van der Waals surface area (Å²) in [5, 5.41) is 14.9. The third kappa shape index (κ3) is 2.90. The Bertz CT molecular complexity index is 575. The number of nitrogens with one attached hydrogen (secondary N) is 2. The Balaban J connectivity index is 2.36. The van der Waals surface area contributed by atoms with Gasteiger partial charge in [-0.1, -0.05) is 23.2 Å². The molecule has 0 radical (unpaired) electrons. The van der Waals surface area contributed by atoms with Gasteiger partial charge in [0.1, 0.15) is 6.04 Å². The fraction of sp³-hybridized carbons (Fsp3) is 0.385. The van der Waals surface area contributed by atoms with Crippen molar-refractivity contribution in [2.75, 3.05) is 6.54 Å². The van der Waals surface area contributed by atoms with E-state index in [-0.39, 0.29) is 10.6 Å². The molecule has 0 saturated heterocycles. The van der Waals surface area contributed by atoms with Crippen LogP contribution in [0.25, 0.3) is 0 Å². The van der Waals surface area contributed by atoms with Gasteiger partial charge in [0.25, 0.3) is 5.91 Å². The molecule has 108 valence electrons. The predicted molar refractivity (Wildman–Crippen MR) is 76.4 cm³/mol. The van der Waals surface area contributed by atoms with Gasteiger partial charge in [0.2, 0.25) is 0 Å². The van der Waals surface area contributed by atoms with Crippen molar-refractivity contribution in [2.24, 2.45) is 0 Å². The lowest BCUT2D eigenvalue weighted by Gasteiger charge is -2.21. The zero-order valence-electron chi connectivity index (χ0n) is 10.8. The van der Waals surface area contributed by atoms with Gasteiger partial charge < -0.3 is 15.7 Å². The van der Waals surface area contributed by atoms with Gasteiger partial charge in [-0.2, -0.15) is 0 Å². The van der Waals surface area contributed by atoms with Crippen LogP contribution in [0.5, 0.6) is 0 Å². The summed E-state index contributed by atoms with van der Waals surface area (Å²) >= 11 is 12.4. The number of halogens is 2. The fourth-order valence-corrected chi connectivity index (χ4v) is 2.88. The molecular weight excluding hydrogens is 303 g/mol. The highest BCUT2D eigenvalue weighted by Crippen LogP contribution is 2.33. The quantitative estimate of drug-likeness (QED) is 0.795. The first kappa shape index (κ1) is 15.1. The van der Waals surface area contributed by atoms with E-state index in [9.17, 15) is 9.59 Å². The molecule has 2 rings (SSSR count). The second kappa shape index (κ2) is 5.99. The zero-order chi connectivity index (χ0) is 14.9. The number of benzene rings is 1. The Hall–Kier alpha value is -1.30. The van der Waals surface area contributed by atoms with Crippen molar-refractivity contribution in [2.45, 2.75) is 25.9 Å². The monoisotopic (exact) mass is 316 g/mol. The van der Waals surface area contributed by atoms with Crippen LogP contribution in [0.3, 0.4) is 0 Å². The van der Waals surface area contributed by atoms with Crippen molar-refractivity contribution in [1.82, 2.24) is 10.6 Å². The molecule has 1 aliphatic rings. The highest BCUT2D eigenvalue weighted by molar-refractivity contribution is 6.40. The molecule has 1 aromatic carbocycles. The van der Waals surface area contributed by atoms with Gasteiger partial charge in [0, 0.05) is 6.54 Å². The van der Waals surface area contributed by atoms with Crippen LogP contribution in [0.15, 0.2) is 6.07 Å². The van der Waals surface area contributed by atoms with Crippen molar-refractivity contribution in [3.05, 3.63) is 32.8 Å². The van der Waals surface area contributed by atoms with E-state index in [1.54, 1.807) is 6.07 Å². The van der Waals surface area contributed by atoms with Crippen molar-refractivity contribution in [3.63, 3.8) is 0 Å². The molecule has 0 fully saturated rings. The van der Waals surface area contributed by atoms with Crippen LogP contribution in [0.1, 0.15) is 28.4 Å². The number of amides is 1. The van der Waals surface area contributed by atoms with Crippen molar-refractivity contribution in [1.29, 1.82) is 0 Å². The Morgan fingerprint density at radius 2 is 2.15 bits per heavy atom. The molecule has 1 heterocycles. The number of rotatable bonds is 3. The molecule has 1 amide bonds. The minimum absolute atomic E-state index is 0.141. The van der Waals surface area contributed by atoms with Crippen LogP contribution in [-0.2, 0) is 17.8 Å². The average Bonchev–Trinajstić information content (AvgIpc) is 2.38. The van der Waals surface area contributed by atoms with Crippen LogP contribution in [0, 0.1) is 0 Å². The van der Waals surface area contributed by atoms with Gasteiger partial charge in [0.15, 0.2) is 0 Å². The standard InChI is InChI=1S/C13H14Cl2N2O3/c1-6(13(19)20)17-12(18)10-9(14)4-7-5-16-3-2-8(7)11(10)15/h4,6,16H,2-3,5H2,1H3,(H,17,18)(H,19,20)/t6-/m0/s1. The first-order valence-corrected chi connectivity index (χ1v) is 6.91. The lowest BCUT2D eigenvalue weighted by molar-refractivity contribution is -0.138. The summed E-state index contributed by atoms with van der Waals surface area (Å²) in [6.07, 6.45) is 0.708. The highest BCUT2D eigenvalue weighted by atomic mass is 35.5. The van der Waals surface area contributed by atoms with Gasteiger partial charge >= 0.3 is 5.97 Å². The summed E-state index contributed by atoms with van der Waals surface area (Å²) in [7, 11) is 0. The molecular formula is C13H14Cl2N2O3. The molecule has 0 spiro atoms. The second-order valence-electron chi connectivity index (χ2n) is 4.65. The molecule has 0 saturated carbocycles. The van der Waals surface area contributed by atoms with Gasteiger partial charge in [-0.05, 0) is 37.1 Å². The van der Waals surface area contributed by atoms with Gasteiger partial charge in [0.05, 0.1) is 15.6 Å². The Morgan fingerprint density at radius 3 is 2.80 bits per heavy atom. The van der Waals surface area contributed by atoms with Crippen molar-refractivity contribution >= 4 is 35.1 Å². The number of carboxylic acid groups (broad SMARTS) is 1. The van der Waals surface area contributed by atoms with E-state index >= 15 is 0 Å². The minimum Gasteiger partial charge on any atom is -0.480 e. The fourth-order valence-electron chi connectivity index (χ4n) is 2.11. The number of carbonyl (C=O) groups is 2. The van der Waals surface area contributed by atoms with Crippen LogP contribution in [0.4, 0.5) is 0 Å². The van der Waals surface area contributed by atoms with Crippen LogP contribution >= 0.6 is 23.2 Å². The molecule has 0 bridgehead atoms. The molecule has 3 N–H and O–H groups in total. The number of hydrogen-bond donors (Lipinski definition) is 3. The van der Waals surface area contributed by atoms with Gasteiger partial charge in [-0.15, -0.1) is 0 Å². The maximum Gasteiger partial charge on any atom is 0.325 e. The molecule has 20 heavy (non-hydrogen) atoms. The number of aliphatic carboxylic acids is 1. The Morgan fingerprint density at radius 1 is 1.45 bits per heavy atom. The Labute approximate surface area is 126 Å². The maximum absolute atomic E-state index is 12.1. The third-order valence-electron chi connectivity index (χ3n) is 3.22. The van der Waals surface area contributed by atoms with E-state index in [2.05, 4.69) is 10.6 Å². The number of carbonyl (C=O) groups excluding carboxylic acids is 1. The molecule has 5 nitrogen and oxygen atoms in total. The SMILES string of the molecule is C[C@H](NC(=O)c1c(Cl)cc2c(c1Cl)CCNC2)C(=O)O. The van der Waals surface area contributed by atoms with E-state index in [1.807, 2.05) is 0 Å². The molecule has 0 aromatic heterocycles. The third-order valence-corrected chi connectivity index (χ3v) is 3.94. The van der Waals surface area contributed by atoms with Crippen LogP contribution in [-0.4, -0.2) is 29.6 Å². The summed E-state index contributed by atoms with van der Waals surface area (Å²) in [5.74, 6) is -1.69. The van der Waals surface area contributed by atoms with E-state index in [0.717, 1.165) is 17.7 Å². The first-order chi connectivity index (χ1) is 9.41. The van der Waals surface area contributed by atoms with Crippen LogP contribution in [0.2, 0.25) is 10.0 Å². The first-order valence-electron chi connectivity index (χ1n) is 6.16.